The van der Waals surface area contributed by atoms with Crippen LogP contribution in [0.25, 0.3) is 10.2 Å². The van der Waals surface area contributed by atoms with Crippen molar-refractivity contribution in [3.63, 3.8) is 0 Å². The van der Waals surface area contributed by atoms with Crippen LogP contribution in [0.1, 0.15) is 25.1 Å². The molecule has 0 unspecified atom stereocenters. The first-order chi connectivity index (χ1) is 12.2. The first kappa shape index (κ1) is 17.4. The molecule has 1 aromatic carbocycles. The van der Waals surface area contributed by atoms with E-state index in [0.717, 1.165) is 28.1 Å². The number of para-hydroxylation sites is 1. The molecule has 0 fully saturated rings. The van der Waals surface area contributed by atoms with Gasteiger partial charge in [0.15, 0.2) is 0 Å². The van der Waals surface area contributed by atoms with Gasteiger partial charge in [0.2, 0.25) is 5.91 Å². The van der Waals surface area contributed by atoms with Crippen LogP contribution in [-0.4, -0.2) is 29.0 Å². The van der Waals surface area contributed by atoms with Gasteiger partial charge in [0, 0.05) is 30.1 Å². The molecule has 1 N–H and O–H groups in total. The van der Waals surface area contributed by atoms with Crippen molar-refractivity contribution in [2.24, 2.45) is 0 Å². The molecule has 0 aliphatic rings. The highest BCUT2D eigenvalue weighted by molar-refractivity contribution is 7.18. The second-order valence-electron chi connectivity index (χ2n) is 5.66. The summed E-state index contributed by atoms with van der Waals surface area (Å²) in [4.78, 5) is 25.3. The number of nitrogens with one attached hydrogen (secondary N) is 1. The molecule has 6 heteroatoms. The predicted molar refractivity (Wildman–Crippen MR) is 104 cm³/mol. The normalized spacial score (nSPS) is 10.8. The zero-order valence-corrected chi connectivity index (χ0v) is 15.3. The van der Waals surface area contributed by atoms with Crippen molar-refractivity contribution in [2.45, 2.75) is 26.7 Å². The third kappa shape index (κ3) is 3.96. The molecule has 3 rings (SSSR count). The van der Waals surface area contributed by atoms with Crippen LogP contribution >= 0.6 is 11.3 Å². The molecule has 1 amide bonds. The number of amides is 1. The van der Waals surface area contributed by atoms with E-state index in [4.69, 9.17) is 0 Å². The van der Waals surface area contributed by atoms with Crippen LogP contribution in [0.15, 0.2) is 42.7 Å². The number of aryl methyl sites for hydroxylation is 1. The Kier molecular flexibility index (Phi) is 5.60. The van der Waals surface area contributed by atoms with Crippen molar-refractivity contribution in [1.82, 2.24) is 9.97 Å². The Morgan fingerprint density at radius 1 is 1.20 bits per heavy atom. The lowest BCUT2D eigenvalue weighted by atomic mass is 10.2. The van der Waals surface area contributed by atoms with Crippen LogP contribution < -0.4 is 10.2 Å². The molecule has 25 heavy (non-hydrogen) atoms. The number of hydrogen-bond acceptors (Lipinski definition) is 5. The molecule has 0 spiro atoms. The van der Waals surface area contributed by atoms with E-state index in [1.54, 1.807) is 22.6 Å². The molecular formula is C19H22N4OS. The van der Waals surface area contributed by atoms with Crippen LogP contribution in [0.3, 0.4) is 0 Å². The van der Waals surface area contributed by atoms with E-state index in [9.17, 15) is 4.79 Å². The summed E-state index contributed by atoms with van der Waals surface area (Å²) in [6, 6.07) is 11.9. The zero-order valence-electron chi connectivity index (χ0n) is 14.5. The molecular weight excluding hydrogens is 332 g/mol. The quantitative estimate of drug-likeness (QED) is 0.694. The maximum absolute atomic E-state index is 12.5. The van der Waals surface area contributed by atoms with Crippen LogP contribution in [0.5, 0.6) is 0 Å². The van der Waals surface area contributed by atoms with Crippen molar-refractivity contribution in [2.75, 3.05) is 23.3 Å². The standard InChI is InChI=1S/C19H22N4OS/c1-3-15-12-16-18(21-13-22-19(16)25-15)20-11-10-17(24)23(4-2)14-8-6-5-7-9-14/h5-9,12-13H,3-4,10-11H2,1-2H3,(H,20,21,22). The number of carbonyl (C=O) groups is 1. The molecule has 0 bridgehead atoms. The highest BCUT2D eigenvalue weighted by Gasteiger charge is 2.14. The fourth-order valence-corrected chi connectivity index (χ4v) is 3.69. The molecule has 2 heterocycles. The Hall–Kier alpha value is -2.47. The Balaban J connectivity index is 1.64. The van der Waals surface area contributed by atoms with Gasteiger partial charge in [-0.3, -0.25) is 4.79 Å². The van der Waals surface area contributed by atoms with E-state index >= 15 is 0 Å². The van der Waals surface area contributed by atoms with Crippen LogP contribution in [0.4, 0.5) is 11.5 Å². The number of hydrogen-bond donors (Lipinski definition) is 1. The maximum Gasteiger partial charge on any atom is 0.228 e. The molecule has 0 saturated carbocycles. The van der Waals surface area contributed by atoms with E-state index in [1.165, 1.54) is 4.88 Å². The molecule has 0 radical (unpaired) electrons. The van der Waals surface area contributed by atoms with Gasteiger partial charge in [-0.25, -0.2) is 9.97 Å². The molecule has 0 saturated heterocycles. The topological polar surface area (TPSA) is 58.1 Å². The molecule has 0 aliphatic heterocycles. The predicted octanol–water partition coefficient (Wildman–Crippen LogP) is 4.11. The molecule has 2 aromatic heterocycles. The average Bonchev–Trinajstić information content (AvgIpc) is 3.07. The number of thiophene rings is 1. The van der Waals surface area contributed by atoms with Gasteiger partial charge in [0.1, 0.15) is 17.0 Å². The molecule has 3 aromatic rings. The number of carbonyl (C=O) groups excluding carboxylic acids is 1. The first-order valence-corrected chi connectivity index (χ1v) is 9.37. The number of fused-ring (bicyclic) bond motifs is 1. The molecule has 0 atom stereocenters. The Morgan fingerprint density at radius 3 is 2.72 bits per heavy atom. The Bertz CT molecular complexity index is 847. The zero-order chi connectivity index (χ0) is 17.6. The Morgan fingerprint density at radius 2 is 2.00 bits per heavy atom. The number of nitrogens with zero attached hydrogens (tertiary/aromatic N) is 3. The van der Waals surface area contributed by atoms with Crippen LogP contribution in [0, 0.1) is 0 Å². The number of anilines is 2. The van der Waals surface area contributed by atoms with E-state index in [-0.39, 0.29) is 5.91 Å². The third-order valence-electron chi connectivity index (χ3n) is 4.05. The lowest BCUT2D eigenvalue weighted by Crippen LogP contribution is -2.31. The van der Waals surface area contributed by atoms with Gasteiger partial charge >= 0.3 is 0 Å². The average molecular weight is 354 g/mol. The van der Waals surface area contributed by atoms with E-state index < -0.39 is 0 Å². The minimum atomic E-state index is 0.103. The van der Waals surface area contributed by atoms with Gasteiger partial charge < -0.3 is 10.2 Å². The number of benzene rings is 1. The molecule has 5 nitrogen and oxygen atoms in total. The van der Waals surface area contributed by atoms with Crippen LogP contribution in [0.2, 0.25) is 0 Å². The minimum absolute atomic E-state index is 0.103. The van der Waals surface area contributed by atoms with E-state index in [1.807, 2.05) is 37.3 Å². The summed E-state index contributed by atoms with van der Waals surface area (Å²) in [7, 11) is 0. The highest BCUT2D eigenvalue weighted by Crippen LogP contribution is 2.28. The van der Waals surface area contributed by atoms with Gasteiger partial charge in [-0.1, -0.05) is 25.1 Å². The molecule has 0 aliphatic carbocycles. The van der Waals surface area contributed by atoms with Crippen LogP contribution in [-0.2, 0) is 11.2 Å². The summed E-state index contributed by atoms with van der Waals surface area (Å²) < 4.78 is 0. The summed E-state index contributed by atoms with van der Waals surface area (Å²) in [5.41, 5.74) is 0.935. The SMILES string of the molecule is CCc1cc2c(NCCC(=O)N(CC)c3ccccc3)ncnc2s1. The van der Waals surface area contributed by atoms with Crippen molar-refractivity contribution >= 4 is 39.0 Å². The second-order valence-corrected chi connectivity index (χ2v) is 6.77. The summed E-state index contributed by atoms with van der Waals surface area (Å²) >= 11 is 1.69. The summed E-state index contributed by atoms with van der Waals surface area (Å²) in [5.74, 6) is 0.905. The lowest BCUT2D eigenvalue weighted by molar-refractivity contribution is -0.118. The smallest absolute Gasteiger partial charge is 0.228 e. The number of rotatable bonds is 7. The monoisotopic (exact) mass is 354 g/mol. The summed E-state index contributed by atoms with van der Waals surface area (Å²) in [5, 5.41) is 4.33. The Labute approximate surface area is 151 Å². The highest BCUT2D eigenvalue weighted by atomic mass is 32.1. The van der Waals surface area contributed by atoms with E-state index in [2.05, 4.69) is 28.3 Å². The lowest BCUT2D eigenvalue weighted by Gasteiger charge is -2.21. The number of aromatic nitrogens is 2. The second kappa shape index (κ2) is 8.07. The van der Waals surface area contributed by atoms with Crippen molar-refractivity contribution in [3.05, 3.63) is 47.6 Å². The van der Waals surface area contributed by atoms with Gasteiger partial charge in [-0.05, 0) is 31.5 Å². The van der Waals surface area contributed by atoms with E-state index in [0.29, 0.717) is 19.5 Å². The van der Waals surface area contributed by atoms with Gasteiger partial charge in [0.05, 0.1) is 5.39 Å². The summed E-state index contributed by atoms with van der Waals surface area (Å²) in [6.45, 7) is 5.33. The fourth-order valence-electron chi connectivity index (χ4n) is 2.75. The van der Waals surface area contributed by atoms with Gasteiger partial charge in [-0.2, -0.15) is 0 Å². The van der Waals surface area contributed by atoms with Crippen molar-refractivity contribution in [1.29, 1.82) is 0 Å². The van der Waals surface area contributed by atoms with Gasteiger partial charge in [-0.15, -0.1) is 11.3 Å². The largest absolute Gasteiger partial charge is 0.369 e. The van der Waals surface area contributed by atoms with Crippen molar-refractivity contribution < 1.29 is 4.79 Å². The van der Waals surface area contributed by atoms with Gasteiger partial charge in [0.25, 0.3) is 0 Å². The minimum Gasteiger partial charge on any atom is -0.369 e. The first-order valence-electron chi connectivity index (χ1n) is 8.55. The maximum atomic E-state index is 12.5. The fraction of sp³-hybridized carbons (Fsp3) is 0.316. The summed E-state index contributed by atoms with van der Waals surface area (Å²) in [6.07, 6.45) is 2.98. The molecule has 130 valence electrons. The third-order valence-corrected chi connectivity index (χ3v) is 5.23. The van der Waals surface area contributed by atoms with Crippen molar-refractivity contribution in [3.8, 4) is 0 Å².